The Morgan fingerprint density at radius 3 is 2.06 bits per heavy atom. The molecule has 2 rings (SSSR count). The molecule has 0 spiro atoms. The molecule has 0 radical (unpaired) electrons. The fourth-order valence-electron chi connectivity index (χ4n) is 1.93. The van der Waals surface area contributed by atoms with Crippen molar-refractivity contribution in [1.82, 2.24) is 0 Å². The maximum Gasteiger partial charge on any atom is 0.261 e. The summed E-state index contributed by atoms with van der Waals surface area (Å²) in [6.45, 7) is 4.08. The molecule has 18 heavy (non-hydrogen) atoms. The summed E-state index contributed by atoms with van der Waals surface area (Å²) in [4.78, 5) is 0.123. The maximum atomic E-state index is 11.2. The van der Waals surface area contributed by atoms with E-state index >= 15 is 0 Å². The van der Waals surface area contributed by atoms with Crippen LogP contribution in [0.3, 0.4) is 0 Å². The summed E-state index contributed by atoms with van der Waals surface area (Å²) in [7, 11) is 1.63. The molecular weight excluding hydrogens is 268 g/mol. The van der Waals surface area contributed by atoms with Gasteiger partial charge in [-0.2, -0.15) is 0 Å². The Bertz CT molecular complexity index is 673. The van der Waals surface area contributed by atoms with E-state index in [2.05, 4.69) is 6.07 Å². The molecule has 0 aliphatic carbocycles. The highest BCUT2D eigenvalue weighted by Crippen LogP contribution is 2.26. The molecule has 2 nitrogen and oxygen atoms in total. The molecule has 0 aliphatic rings. The average Bonchev–Trinajstić information content (AvgIpc) is 2.28. The quantitative estimate of drug-likeness (QED) is 0.782. The van der Waals surface area contributed by atoms with Gasteiger partial charge in [0, 0.05) is 10.7 Å². The molecule has 2 aromatic carbocycles. The van der Waals surface area contributed by atoms with Crippen LogP contribution in [0.15, 0.2) is 47.4 Å². The first kappa shape index (κ1) is 13.1. The lowest BCUT2D eigenvalue weighted by Crippen LogP contribution is -1.90. The molecule has 0 aromatic heterocycles. The van der Waals surface area contributed by atoms with Crippen LogP contribution in [0.1, 0.15) is 11.1 Å². The van der Waals surface area contributed by atoms with E-state index in [1.54, 1.807) is 12.1 Å². The van der Waals surface area contributed by atoms with Crippen molar-refractivity contribution in [3.63, 3.8) is 0 Å². The lowest BCUT2D eigenvalue weighted by atomic mass is 9.99. The molecule has 0 atom stereocenters. The molecule has 0 saturated carbocycles. The maximum absolute atomic E-state index is 11.2. The van der Waals surface area contributed by atoms with Crippen molar-refractivity contribution in [2.75, 3.05) is 0 Å². The zero-order valence-corrected chi connectivity index (χ0v) is 11.7. The van der Waals surface area contributed by atoms with E-state index < -0.39 is 9.05 Å². The minimum atomic E-state index is -3.65. The van der Waals surface area contributed by atoms with Gasteiger partial charge in [-0.15, -0.1) is 0 Å². The van der Waals surface area contributed by atoms with Gasteiger partial charge in [0.05, 0.1) is 4.90 Å². The highest BCUT2D eigenvalue weighted by atomic mass is 35.7. The Balaban J connectivity index is 2.47. The normalized spacial score (nSPS) is 11.5. The van der Waals surface area contributed by atoms with Crippen LogP contribution in [-0.2, 0) is 9.05 Å². The second-order valence-electron chi connectivity index (χ2n) is 4.28. The molecule has 4 heteroatoms. The van der Waals surface area contributed by atoms with E-state index in [0.717, 1.165) is 16.7 Å². The van der Waals surface area contributed by atoms with Crippen molar-refractivity contribution in [3.8, 4) is 11.1 Å². The van der Waals surface area contributed by atoms with Crippen molar-refractivity contribution < 1.29 is 8.42 Å². The molecular formula is C14H13ClO2S. The zero-order chi connectivity index (χ0) is 13.3. The van der Waals surface area contributed by atoms with Crippen molar-refractivity contribution in [3.05, 3.63) is 53.6 Å². The third-order valence-electron chi connectivity index (χ3n) is 2.83. The summed E-state index contributed by atoms with van der Waals surface area (Å²) in [6.07, 6.45) is 0. The number of aryl methyl sites for hydroxylation is 2. The van der Waals surface area contributed by atoms with Crippen LogP contribution < -0.4 is 0 Å². The molecule has 94 valence electrons. The van der Waals surface area contributed by atoms with Crippen molar-refractivity contribution in [1.29, 1.82) is 0 Å². The second-order valence-corrected chi connectivity index (χ2v) is 6.85. The number of hydrogen-bond donors (Lipinski definition) is 0. The predicted molar refractivity (Wildman–Crippen MR) is 74.4 cm³/mol. The topological polar surface area (TPSA) is 34.1 Å². The minimum absolute atomic E-state index is 0.123. The van der Waals surface area contributed by atoms with Gasteiger partial charge in [-0.05, 0) is 42.7 Å². The van der Waals surface area contributed by atoms with Crippen LogP contribution in [0, 0.1) is 13.8 Å². The fraction of sp³-hybridized carbons (Fsp3) is 0.143. The highest BCUT2D eigenvalue weighted by Gasteiger charge is 2.10. The molecule has 0 N–H and O–H groups in total. The van der Waals surface area contributed by atoms with E-state index in [4.69, 9.17) is 10.7 Å². The van der Waals surface area contributed by atoms with E-state index in [9.17, 15) is 8.42 Å². The Kier molecular flexibility index (Phi) is 3.46. The van der Waals surface area contributed by atoms with Gasteiger partial charge in [0.1, 0.15) is 0 Å². The number of hydrogen-bond acceptors (Lipinski definition) is 2. The van der Waals surface area contributed by atoms with Gasteiger partial charge in [0.2, 0.25) is 0 Å². The summed E-state index contributed by atoms with van der Waals surface area (Å²) in [5.74, 6) is 0. The van der Waals surface area contributed by atoms with Gasteiger partial charge < -0.3 is 0 Å². The Labute approximate surface area is 112 Å². The zero-order valence-electron chi connectivity index (χ0n) is 10.1. The first-order chi connectivity index (χ1) is 8.38. The third-order valence-corrected chi connectivity index (χ3v) is 4.20. The molecule has 0 aliphatic heterocycles. The van der Waals surface area contributed by atoms with Crippen LogP contribution >= 0.6 is 10.7 Å². The first-order valence-electron chi connectivity index (χ1n) is 5.50. The molecule has 2 aromatic rings. The van der Waals surface area contributed by atoms with E-state index in [1.165, 1.54) is 17.7 Å². The predicted octanol–water partition coefficient (Wildman–Crippen LogP) is 3.90. The van der Waals surface area contributed by atoms with Crippen LogP contribution in [0.4, 0.5) is 0 Å². The van der Waals surface area contributed by atoms with Gasteiger partial charge in [-0.1, -0.05) is 35.9 Å². The molecule has 0 unspecified atom stereocenters. The first-order valence-corrected chi connectivity index (χ1v) is 7.81. The van der Waals surface area contributed by atoms with Gasteiger partial charge in [0.15, 0.2) is 0 Å². The van der Waals surface area contributed by atoms with Crippen LogP contribution in [0.2, 0.25) is 0 Å². The number of rotatable bonds is 2. The molecule has 0 bridgehead atoms. The summed E-state index contributed by atoms with van der Waals surface area (Å²) in [5, 5.41) is 0. The smallest absolute Gasteiger partial charge is 0.207 e. The number of benzene rings is 2. The lowest BCUT2D eigenvalue weighted by molar-refractivity contribution is 0.609. The number of halogens is 1. The van der Waals surface area contributed by atoms with Gasteiger partial charge >= 0.3 is 0 Å². The van der Waals surface area contributed by atoms with E-state index in [-0.39, 0.29) is 4.90 Å². The Morgan fingerprint density at radius 2 is 1.56 bits per heavy atom. The molecule has 0 saturated heterocycles. The van der Waals surface area contributed by atoms with Crippen molar-refractivity contribution in [2.45, 2.75) is 18.7 Å². The fourth-order valence-corrected chi connectivity index (χ4v) is 2.70. The van der Waals surface area contributed by atoms with E-state index in [0.29, 0.717) is 0 Å². The highest BCUT2D eigenvalue weighted by molar-refractivity contribution is 8.13. The lowest BCUT2D eigenvalue weighted by Gasteiger charge is -2.07. The standard InChI is InChI=1S/C14H13ClO2S/c1-10-3-8-14(11(2)9-10)12-4-6-13(7-5-12)18(15,16)17/h3-9H,1-2H3. The Morgan fingerprint density at radius 1 is 0.944 bits per heavy atom. The summed E-state index contributed by atoms with van der Waals surface area (Å²) < 4.78 is 22.3. The monoisotopic (exact) mass is 280 g/mol. The summed E-state index contributed by atoms with van der Waals surface area (Å²) >= 11 is 0. The van der Waals surface area contributed by atoms with Gasteiger partial charge in [-0.3, -0.25) is 0 Å². The molecule has 0 heterocycles. The summed E-state index contributed by atoms with van der Waals surface area (Å²) in [5.41, 5.74) is 4.45. The molecule has 0 fully saturated rings. The van der Waals surface area contributed by atoms with E-state index in [1.807, 2.05) is 26.0 Å². The van der Waals surface area contributed by atoms with Gasteiger partial charge in [0.25, 0.3) is 9.05 Å². The minimum Gasteiger partial charge on any atom is -0.207 e. The van der Waals surface area contributed by atoms with Crippen LogP contribution in [-0.4, -0.2) is 8.42 Å². The molecule has 0 amide bonds. The van der Waals surface area contributed by atoms with Crippen molar-refractivity contribution in [2.24, 2.45) is 0 Å². The average molecular weight is 281 g/mol. The van der Waals surface area contributed by atoms with Crippen LogP contribution in [0.5, 0.6) is 0 Å². The van der Waals surface area contributed by atoms with Crippen molar-refractivity contribution >= 4 is 19.7 Å². The Hall–Kier alpha value is -1.32. The van der Waals surface area contributed by atoms with Crippen LogP contribution in [0.25, 0.3) is 11.1 Å². The van der Waals surface area contributed by atoms with Gasteiger partial charge in [-0.25, -0.2) is 8.42 Å². The largest absolute Gasteiger partial charge is 0.261 e. The second kappa shape index (κ2) is 4.75. The summed E-state index contributed by atoms with van der Waals surface area (Å²) in [6, 6.07) is 12.8. The third kappa shape index (κ3) is 2.74. The SMILES string of the molecule is Cc1ccc(-c2ccc(S(=O)(=O)Cl)cc2)c(C)c1.